The third-order valence-electron chi connectivity index (χ3n) is 2.59. The van der Waals surface area contributed by atoms with Crippen LogP contribution in [0.25, 0.3) is 0 Å². The van der Waals surface area contributed by atoms with Crippen molar-refractivity contribution in [2.24, 2.45) is 0 Å². The third-order valence-corrected chi connectivity index (χ3v) is 2.59. The number of carbonyl (C=O) groups excluding carboxylic acids is 1. The fourth-order valence-electron chi connectivity index (χ4n) is 1.58. The normalized spacial score (nSPS) is 10.1. The molecule has 20 heavy (non-hydrogen) atoms. The quantitative estimate of drug-likeness (QED) is 0.614. The van der Waals surface area contributed by atoms with Crippen LogP contribution in [-0.4, -0.2) is 12.6 Å². The van der Waals surface area contributed by atoms with Gasteiger partial charge in [-0.3, -0.25) is 0 Å². The zero-order valence-corrected chi connectivity index (χ0v) is 11.1. The first kappa shape index (κ1) is 14.1. The Morgan fingerprint density at radius 3 is 2.20 bits per heavy atom. The summed E-state index contributed by atoms with van der Waals surface area (Å²) in [4.78, 5) is 11.8. The number of carbonyl (C=O) groups is 1. The number of rotatable bonds is 5. The molecule has 0 heterocycles. The van der Waals surface area contributed by atoms with Crippen molar-refractivity contribution in [1.82, 2.24) is 0 Å². The van der Waals surface area contributed by atoms with E-state index in [1.165, 1.54) is 24.3 Å². The van der Waals surface area contributed by atoms with Gasteiger partial charge in [0.2, 0.25) is 0 Å². The molecule has 0 aliphatic carbocycles. The first-order chi connectivity index (χ1) is 9.69. The maximum Gasteiger partial charge on any atom is 0.343 e. The lowest BCUT2D eigenvalue weighted by atomic mass is 10.2. The molecular weight excluding hydrogens is 259 g/mol. The highest BCUT2D eigenvalue weighted by Crippen LogP contribution is 2.19. The van der Waals surface area contributed by atoms with Crippen LogP contribution in [0.2, 0.25) is 0 Å². The van der Waals surface area contributed by atoms with Gasteiger partial charge in [0.15, 0.2) is 0 Å². The Kier molecular flexibility index (Phi) is 4.71. The highest BCUT2D eigenvalue weighted by molar-refractivity contribution is 5.90. The molecule has 0 atom stereocenters. The van der Waals surface area contributed by atoms with E-state index in [1.807, 2.05) is 6.92 Å². The van der Waals surface area contributed by atoms with E-state index in [4.69, 9.17) is 9.47 Å². The van der Waals surface area contributed by atoms with Crippen LogP contribution in [-0.2, 0) is 0 Å². The van der Waals surface area contributed by atoms with Crippen LogP contribution < -0.4 is 9.47 Å². The highest BCUT2D eigenvalue weighted by atomic mass is 19.1. The molecule has 3 nitrogen and oxygen atoms in total. The van der Waals surface area contributed by atoms with Gasteiger partial charge in [-0.2, -0.15) is 0 Å². The Labute approximate surface area is 117 Å². The first-order valence-electron chi connectivity index (χ1n) is 6.39. The van der Waals surface area contributed by atoms with Crippen LogP contribution in [0.1, 0.15) is 23.7 Å². The molecule has 2 aromatic rings. The molecule has 4 heteroatoms. The SMILES string of the molecule is CCCOc1ccc(OC(=O)c2ccc(F)cc2)cc1. The number of ether oxygens (including phenoxy) is 2. The van der Waals surface area contributed by atoms with Crippen LogP contribution in [0.3, 0.4) is 0 Å². The van der Waals surface area contributed by atoms with Crippen molar-refractivity contribution < 1.29 is 18.7 Å². The Morgan fingerprint density at radius 2 is 1.60 bits per heavy atom. The Bertz CT molecular complexity index is 561. The van der Waals surface area contributed by atoms with Gasteiger partial charge in [-0.05, 0) is 55.0 Å². The van der Waals surface area contributed by atoms with Crippen molar-refractivity contribution >= 4 is 5.97 Å². The Morgan fingerprint density at radius 1 is 1.00 bits per heavy atom. The van der Waals surface area contributed by atoms with E-state index in [1.54, 1.807) is 24.3 Å². The number of hydrogen-bond donors (Lipinski definition) is 0. The van der Waals surface area contributed by atoms with E-state index < -0.39 is 5.97 Å². The summed E-state index contributed by atoms with van der Waals surface area (Å²) in [5.74, 6) is 0.239. The minimum atomic E-state index is -0.521. The molecule has 0 aromatic heterocycles. The second-order valence-electron chi connectivity index (χ2n) is 4.22. The fraction of sp³-hybridized carbons (Fsp3) is 0.188. The topological polar surface area (TPSA) is 35.5 Å². The molecule has 2 rings (SSSR count). The van der Waals surface area contributed by atoms with Crippen molar-refractivity contribution in [2.75, 3.05) is 6.61 Å². The van der Waals surface area contributed by atoms with Gasteiger partial charge in [-0.15, -0.1) is 0 Å². The molecule has 0 aliphatic rings. The monoisotopic (exact) mass is 274 g/mol. The fourth-order valence-corrected chi connectivity index (χ4v) is 1.58. The van der Waals surface area contributed by atoms with Crippen molar-refractivity contribution in [3.63, 3.8) is 0 Å². The van der Waals surface area contributed by atoms with Gasteiger partial charge in [-0.1, -0.05) is 6.92 Å². The highest BCUT2D eigenvalue weighted by Gasteiger charge is 2.08. The van der Waals surface area contributed by atoms with Crippen molar-refractivity contribution in [3.8, 4) is 11.5 Å². The summed E-state index contributed by atoms with van der Waals surface area (Å²) in [6, 6.07) is 12.0. The molecular formula is C16H15FO3. The maximum absolute atomic E-state index is 12.8. The molecule has 0 fully saturated rings. The molecule has 0 amide bonds. The summed E-state index contributed by atoms with van der Waals surface area (Å²) < 4.78 is 23.4. The maximum atomic E-state index is 12.8. The standard InChI is InChI=1S/C16H15FO3/c1-2-11-19-14-7-9-15(10-8-14)20-16(18)12-3-5-13(17)6-4-12/h3-10H,2,11H2,1H3. The van der Waals surface area contributed by atoms with Gasteiger partial charge >= 0.3 is 5.97 Å². The average molecular weight is 274 g/mol. The van der Waals surface area contributed by atoms with Gasteiger partial charge in [-0.25, -0.2) is 9.18 Å². The minimum Gasteiger partial charge on any atom is -0.494 e. The summed E-state index contributed by atoms with van der Waals surface area (Å²) in [6.45, 7) is 2.67. The van der Waals surface area contributed by atoms with E-state index >= 15 is 0 Å². The number of esters is 1. The Hall–Kier alpha value is -2.36. The zero-order valence-electron chi connectivity index (χ0n) is 11.1. The lowest BCUT2D eigenvalue weighted by Crippen LogP contribution is -2.08. The first-order valence-corrected chi connectivity index (χ1v) is 6.39. The lowest BCUT2D eigenvalue weighted by molar-refractivity contribution is 0.0734. The van der Waals surface area contributed by atoms with Crippen LogP contribution in [0.5, 0.6) is 11.5 Å². The summed E-state index contributed by atoms with van der Waals surface area (Å²) in [7, 11) is 0. The van der Waals surface area contributed by atoms with Crippen LogP contribution >= 0.6 is 0 Å². The molecule has 2 aromatic carbocycles. The molecule has 0 radical (unpaired) electrons. The number of benzene rings is 2. The largest absolute Gasteiger partial charge is 0.494 e. The molecule has 0 saturated heterocycles. The number of hydrogen-bond acceptors (Lipinski definition) is 3. The smallest absolute Gasteiger partial charge is 0.343 e. The van der Waals surface area contributed by atoms with E-state index in [0.717, 1.165) is 12.2 Å². The minimum absolute atomic E-state index is 0.303. The summed E-state index contributed by atoms with van der Waals surface area (Å²) in [5, 5.41) is 0. The second-order valence-corrected chi connectivity index (χ2v) is 4.22. The van der Waals surface area contributed by atoms with Crippen LogP contribution in [0, 0.1) is 5.82 Å². The molecule has 104 valence electrons. The number of halogens is 1. The molecule has 0 bridgehead atoms. The third kappa shape index (κ3) is 3.82. The van der Waals surface area contributed by atoms with Gasteiger partial charge in [0.1, 0.15) is 17.3 Å². The summed E-state index contributed by atoms with van der Waals surface area (Å²) in [5.41, 5.74) is 0.303. The Balaban J connectivity index is 1.99. The molecule has 0 spiro atoms. The van der Waals surface area contributed by atoms with E-state index in [0.29, 0.717) is 17.9 Å². The predicted octanol–water partition coefficient (Wildman–Crippen LogP) is 3.83. The van der Waals surface area contributed by atoms with Crippen molar-refractivity contribution in [1.29, 1.82) is 0 Å². The van der Waals surface area contributed by atoms with Crippen LogP contribution in [0.4, 0.5) is 4.39 Å². The van der Waals surface area contributed by atoms with Gasteiger partial charge < -0.3 is 9.47 Å². The van der Waals surface area contributed by atoms with E-state index in [9.17, 15) is 9.18 Å². The summed E-state index contributed by atoms with van der Waals surface area (Å²) >= 11 is 0. The molecule has 0 unspecified atom stereocenters. The summed E-state index contributed by atoms with van der Waals surface area (Å²) in [6.07, 6.45) is 0.932. The van der Waals surface area contributed by atoms with Crippen LogP contribution in [0.15, 0.2) is 48.5 Å². The second kappa shape index (κ2) is 6.70. The van der Waals surface area contributed by atoms with Gasteiger partial charge in [0.25, 0.3) is 0 Å². The molecule has 0 aliphatic heterocycles. The van der Waals surface area contributed by atoms with Crippen molar-refractivity contribution in [3.05, 3.63) is 59.9 Å². The lowest BCUT2D eigenvalue weighted by Gasteiger charge is -2.07. The zero-order chi connectivity index (χ0) is 14.4. The average Bonchev–Trinajstić information content (AvgIpc) is 2.47. The molecule has 0 saturated carbocycles. The predicted molar refractivity (Wildman–Crippen MR) is 73.6 cm³/mol. The van der Waals surface area contributed by atoms with E-state index in [-0.39, 0.29) is 5.82 Å². The van der Waals surface area contributed by atoms with Gasteiger partial charge in [0, 0.05) is 0 Å². The van der Waals surface area contributed by atoms with Crippen molar-refractivity contribution in [2.45, 2.75) is 13.3 Å². The molecule has 0 N–H and O–H groups in total. The van der Waals surface area contributed by atoms with Gasteiger partial charge in [0.05, 0.1) is 12.2 Å². The van der Waals surface area contributed by atoms with E-state index in [2.05, 4.69) is 0 Å².